The molecule has 2 fully saturated rings. The zero-order chi connectivity index (χ0) is 26.1. The SMILES string of the molecule is CCCSc1nc(N[C@@H]2C[C@H]2c2ccc(F)c(F)c2)c2nnn([C@@H]3C[C@H](OCCOC)C(O)C3O)c2n1. The number of fused-ring (bicyclic) bond motifs is 1. The van der Waals surface area contributed by atoms with Crippen LogP contribution in [-0.2, 0) is 9.47 Å². The van der Waals surface area contributed by atoms with Crippen LogP contribution in [0.4, 0.5) is 14.6 Å². The monoisotopic (exact) mass is 536 g/mol. The van der Waals surface area contributed by atoms with E-state index in [0.29, 0.717) is 47.3 Å². The largest absolute Gasteiger partial charge is 0.388 e. The number of thioether (sulfide) groups is 1. The highest BCUT2D eigenvalue weighted by Crippen LogP contribution is 2.44. The topological polar surface area (TPSA) is 127 Å². The van der Waals surface area contributed by atoms with E-state index in [9.17, 15) is 19.0 Å². The van der Waals surface area contributed by atoms with Gasteiger partial charge in [-0.2, -0.15) is 0 Å². The second-order valence-electron chi connectivity index (χ2n) is 9.36. The lowest BCUT2D eigenvalue weighted by Gasteiger charge is -2.17. The predicted octanol–water partition coefficient (Wildman–Crippen LogP) is 2.67. The second kappa shape index (κ2) is 11.1. The van der Waals surface area contributed by atoms with Gasteiger partial charge in [-0.15, -0.1) is 5.10 Å². The van der Waals surface area contributed by atoms with Gasteiger partial charge in [0.1, 0.15) is 12.2 Å². The first-order valence-electron chi connectivity index (χ1n) is 12.3. The van der Waals surface area contributed by atoms with E-state index in [2.05, 4.69) is 32.5 Å². The summed E-state index contributed by atoms with van der Waals surface area (Å²) in [7, 11) is 1.56. The molecular formula is C24H30F2N6O4S. The van der Waals surface area contributed by atoms with E-state index in [4.69, 9.17) is 9.47 Å². The fourth-order valence-electron chi connectivity index (χ4n) is 4.69. The van der Waals surface area contributed by atoms with Crippen LogP contribution >= 0.6 is 11.8 Å². The number of halogens is 2. The van der Waals surface area contributed by atoms with Crippen molar-refractivity contribution in [1.29, 1.82) is 0 Å². The lowest BCUT2D eigenvalue weighted by Crippen LogP contribution is -2.33. The molecule has 0 saturated heterocycles. The van der Waals surface area contributed by atoms with Crippen LogP contribution in [0.1, 0.15) is 43.7 Å². The molecule has 2 saturated carbocycles. The number of nitrogens with zero attached hydrogens (tertiary/aromatic N) is 5. The Morgan fingerprint density at radius 1 is 1.14 bits per heavy atom. The Labute approximate surface area is 216 Å². The molecule has 2 heterocycles. The number of ether oxygens (including phenoxy) is 2. The first-order chi connectivity index (χ1) is 17.9. The lowest BCUT2D eigenvalue weighted by molar-refractivity contribution is -0.0656. The molecule has 0 aliphatic heterocycles. The molecule has 2 aromatic heterocycles. The van der Waals surface area contributed by atoms with Gasteiger partial charge in [-0.1, -0.05) is 30.0 Å². The van der Waals surface area contributed by atoms with Gasteiger partial charge in [0.25, 0.3) is 0 Å². The lowest BCUT2D eigenvalue weighted by atomic mass is 10.1. The van der Waals surface area contributed by atoms with Crippen molar-refractivity contribution in [2.75, 3.05) is 31.4 Å². The number of aliphatic hydroxyl groups is 2. The number of nitrogens with one attached hydrogen (secondary N) is 1. The van der Waals surface area contributed by atoms with Crippen molar-refractivity contribution in [3.05, 3.63) is 35.4 Å². The van der Waals surface area contributed by atoms with E-state index in [1.54, 1.807) is 13.2 Å². The molecule has 13 heteroatoms. The van der Waals surface area contributed by atoms with Crippen LogP contribution in [0.5, 0.6) is 0 Å². The fraction of sp³-hybridized carbons (Fsp3) is 0.583. The maximum atomic E-state index is 13.7. The van der Waals surface area contributed by atoms with Crippen LogP contribution in [0.25, 0.3) is 11.2 Å². The van der Waals surface area contributed by atoms with E-state index in [1.807, 2.05) is 0 Å². The molecule has 6 atom stereocenters. The van der Waals surface area contributed by atoms with Gasteiger partial charge < -0.3 is 25.0 Å². The molecule has 5 rings (SSSR count). The number of hydrogen-bond acceptors (Lipinski definition) is 10. The maximum Gasteiger partial charge on any atom is 0.191 e. The molecule has 2 aliphatic carbocycles. The van der Waals surface area contributed by atoms with Crippen molar-refractivity contribution in [1.82, 2.24) is 25.0 Å². The third kappa shape index (κ3) is 5.41. The Hall–Kier alpha value is -2.45. The summed E-state index contributed by atoms with van der Waals surface area (Å²) in [6.45, 7) is 2.74. The zero-order valence-electron chi connectivity index (χ0n) is 20.5. The Kier molecular flexibility index (Phi) is 7.86. The molecule has 3 aromatic rings. The van der Waals surface area contributed by atoms with E-state index in [1.165, 1.54) is 22.5 Å². The summed E-state index contributed by atoms with van der Waals surface area (Å²) in [4.78, 5) is 9.33. The molecule has 1 aromatic carbocycles. The van der Waals surface area contributed by atoms with Crippen LogP contribution in [0.3, 0.4) is 0 Å². The third-order valence-electron chi connectivity index (χ3n) is 6.76. The van der Waals surface area contributed by atoms with Crippen molar-refractivity contribution in [3.63, 3.8) is 0 Å². The van der Waals surface area contributed by atoms with E-state index < -0.39 is 36.0 Å². The van der Waals surface area contributed by atoms with Gasteiger partial charge in [-0.25, -0.2) is 23.4 Å². The average molecular weight is 537 g/mol. The first kappa shape index (κ1) is 26.2. The van der Waals surface area contributed by atoms with Crippen LogP contribution in [-0.4, -0.2) is 85.6 Å². The highest BCUT2D eigenvalue weighted by molar-refractivity contribution is 7.99. The molecule has 0 amide bonds. The first-order valence-corrected chi connectivity index (χ1v) is 13.3. The Morgan fingerprint density at radius 3 is 2.73 bits per heavy atom. The van der Waals surface area contributed by atoms with Gasteiger partial charge in [-0.05, 0) is 30.5 Å². The second-order valence-corrected chi connectivity index (χ2v) is 10.4. The molecule has 0 bridgehead atoms. The minimum Gasteiger partial charge on any atom is -0.388 e. The molecule has 37 heavy (non-hydrogen) atoms. The summed E-state index contributed by atoms with van der Waals surface area (Å²) < 4.78 is 39.3. The molecular weight excluding hydrogens is 506 g/mol. The van der Waals surface area contributed by atoms with E-state index in [-0.39, 0.29) is 12.0 Å². The Bertz CT molecular complexity index is 1250. The van der Waals surface area contributed by atoms with E-state index in [0.717, 1.165) is 24.7 Å². The number of aromatic nitrogens is 5. The molecule has 3 N–H and O–H groups in total. The smallest absolute Gasteiger partial charge is 0.191 e. The number of hydrogen-bond donors (Lipinski definition) is 3. The quantitative estimate of drug-likeness (QED) is 0.191. The van der Waals surface area contributed by atoms with Crippen molar-refractivity contribution < 1.29 is 28.5 Å². The standard InChI is InChI=1S/C24H30F2N6O4S/c1-3-8-37-24-28-22(27-16-10-13(16)12-4-5-14(25)15(26)9-12)19-23(29-24)32(31-30-19)17-11-18(21(34)20(17)33)36-7-6-35-2/h4-5,9,13,16-18,20-21,33-34H,3,6-8,10-11H2,1-2H3,(H,27,28,29)/t13-,16+,17+,18-,20?,21?/m0/s1. The van der Waals surface area contributed by atoms with Crippen molar-refractivity contribution >= 4 is 28.7 Å². The summed E-state index contributed by atoms with van der Waals surface area (Å²) in [5, 5.41) is 33.8. The highest BCUT2D eigenvalue weighted by Gasteiger charge is 2.45. The van der Waals surface area contributed by atoms with Crippen LogP contribution in [0.2, 0.25) is 0 Å². The van der Waals surface area contributed by atoms with Gasteiger partial charge >= 0.3 is 0 Å². The molecule has 0 radical (unpaired) electrons. The molecule has 2 aliphatic rings. The Morgan fingerprint density at radius 2 is 1.97 bits per heavy atom. The van der Waals surface area contributed by atoms with E-state index >= 15 is 0 Å². The normalized spacial score (nSPS) is 27.2. The van der Waals surface area contributed by atoms with Crippen molar-refractivity contribution in [3.8, 4) is 0 Å². The van der Waals surface area contributed by atoms with Crippen LogP contribution in [0.15, 0.2) is 23.4 Å². The number of methoxy groups -OCH3 is 1. The van der Waals surface area contributed by atoms with Crippen molar-refractivity contribution in [2.45, 2.75) is 67.7 Å². The summed E-state index contributed by atoms with van der Waals surface area (Å²) in [5.74, 6) is -0.417. The predicted molar refractivity (Wildman–Crippen MR) is 133 cm³/mol. The molecule has 200 valence electrons. The number of rotatable bonds is 11. The molecule has 2 unspecified atom stereocenters. The summed E-state index contributed by atoms with van der Waals surface area (Å²) in [6, 6.07) is 3.34. The van der Waals surface area contributed by atoms with Gasteiger partial charge in [0.15, 0.2) is 33.8 Å². The minimum atomic E-state index is -1.11. The summed E-state index contributed by atoms with van der Waals surface area (Å²) in [6.07, 6.45) is -0.784. The van der Waals surface area contributed by atoms with Crippen molar-refractivity contribution in [2.24, 2.45) is 0 Å². The number of aliphatic hydroxyl groups excluding tert-OH is 2. The van der Waals surface area contributed by atoms with Gasteiger partial charge in [0.2, 0.25) is 0 Å². The average Bonchev–Trinajstić information content (AvgIpc) is 3.43. The molecule has 10 nitrogen and oxygen atoms in total. The third-order valence-corrected chi connectivity index (χ3v) is 7.81. The fourth-order valence-corrected chi connectivity index (χ4v) is 5.39. The number of benzene rings is 1. The van der Waals surface area contributed by atoms with Gasteiger partial charge in [0, 0.05) is 31.2 Å². The minimum absolute atomic E-state index is 0.0127. The molecule has 0 spiro atoms. The summed E-state index contributed by atoms with van der Waals surface area (Å²) >= 11 is 1.49. The maximum absolute atomic E-state index is 13.7. The highest BCUT2D eigenvalue weighted by atomic mass is 32.2. The van der Waals surface area contributed by atoms with Gasteiger partial charge in [-0.3, -0.25) is 0 Å². The van der Waals surface area contributed by atoms with Gasteiger partial charge in [0.05, 0.1) is 25.4 Å². The summed E-state index contributed by atoms with van der Waals surface area (Å²) in [5.41, 5.74) is 1.59. The van der Waals surface area contributed by atoms with Crippen LogP contribution in [0, 0.1) is 11.6 Å². The zero-order valence-corrected chi connectivity index (χ0v) is 21.4. The Balaban J connectivity index is 1.41. The number of anilines is 1. The van der Waals surface area contributed by atoms with Crippen LogP contribution < -0.4 is 5.32 Å².